The maximum absolute atomic E-state index is 12.9. The van der Waals surface area contributed by atoms with Crippen LogP contribution < -0.4 is 15.0 Å². The monoisotopic (exact) mass is 473 g/mol. The highest BCUT2D eigenvalue weighted by Crippen LogP contribution is 2.25. The van der Waals surface area contributed by atoms with Crippen molar-refractivity contribution in [3.05, 3.63) is 82.9 Å². The summed E-state index contributed by atoms with van der Waals surface area (Å²) in [5.41, 5.74) is 0.351. The first-order valence-corrected chi connectivity index (χ1v) is 11.0. The first-order valence-electron chi connectivity index (χ1n) is 9.57. The van der Waals surface area contributed by atoms with Gasteiger partial charge in [-0.3, -0.25) is 4.79 Å². The minimum Gasteiger partial charge on any atom is -0.481 e. The number of hydrogen-bond donors (Lipinski definition) is 0. The summed E-state index contributed by atoms with van der Waals surface area (Å²) in [6, 6.07) is 12.2. The number of pyridine rings is 1. The number of benzene rings is 2. The molecule has 0 unspecified atom stereocenters. The Balaban J connectivity index is 1.64. The van der Waals surface area contributed by atoms with Gasteiger partial charge in [0.25, 0.3) is 5.56 Å². The fraction of sp³-hybridized carbons (Fsp3) is 0.136. The van der Waals surface area contributed by atoms with Crippen molar-refractivity contribution in [3.8, 4) is 11.6 Å². The molecule has 0 amide bonds. The summed E-state index contributed by atoms with van der Waals surface area (Å²) in [4.78, 5) is 16.8. The van der Waals surface area contributed by atoms with E-state index in [0.717, 1.165) is 17.7 Å². The second-order valence-corrected chi connectivity index (χ2v) is 8.87. The second kappa shape index (κ2) is 8.94. The number of sulfone groups is 1. The van der Waals surface area contributed by atoms with Gasteiger partial charge in [-0.1, -0.05) is 6.07 Å². The standard InChI is InChI=1S/C22H17F2N3O5S/c1-31-20-9-2-14(11-25-20)13-27-21(28)19-8-7-18(10-15(19)12-26-27)33(29,30)17-5-3-16(4-6-17)32-22(23)24/h2-12,22H,13H2,1H3. The maximum atomic E-state index is 12.9. The number of alkyl halides is 2. The van der Waals surface area contributed by atoms with E-state index in [1.54, 1.807) is 18.3 Å². The molecule has 0 bridgehead atoms. The summed E-state index contributed by atoms with van der Waals surface area (Å²) in [6.45, 7) is -2.83. The quantitative estimate of drug-likeness (QED) is 0.406. The highest BCUT2D eigenvalue weighted by molar-refractivity contribution is 7.91. The molecule has 0 radical (unpaired) electrons. The summed E-state index contributed by atoms with van der Waals surface area (Å²) in [5.74, 6) is 0.293. The third-order valence-electron chi connectivity index (χ3n) is 4.83. The van der Waals surface area contributed by atoms with Gasteiger partial charge in [0.1, 0.15) is 5.75 Å². The van der Waals surface area contributed by atoms with Gasteiger partial charge in [0.05, 0.1) is 35.0 Å². The highest BCUT2D eigenvalue weighted by atomic mass is 32.2. The van der Waals surface area contributed by atoms with Crippen LogP contribution in [-0.2, 0) is 16.4 Å². The Hall–Kier alpha value is -3.86. The van der Waals surface area contributed by atoms with Gasteiger partial charge >= 0.3 is 6.61 Å². The van der Waals surface area contributed by atoms with Crippen molar-refractivity contribution in [2.24, 2.45) is 0 Å². The van der Waals surface area contributed by atoms with Crippen molar-refractivity contribution >= 4 is 20.6 Å². The van der Waals surface area contributed by atoms with Crippen molar-refractivity contribution in [2.45, 2.75) is 22.9 Å². The molecule has 2 heterocycles. The lowest BCUT2D eigenvalue weighted by atomic mass is 10.2. The molecule has 0 aliphatic carbocycles. The molecule has 0 saturated carbocycles. The number of rotatable bonds is 7. The Morgan fingerprint density at radius 3 is 2.36 bits per heavy atom. The van der Waals surface area contributed by atoms with Gasteiger partial charge in [0.2, 0.25) is 15.7 Å². The third-order valence-corrected chi connectivity index (χ3v) is 6.60. The molecule has 170 valence electrons. The minimum atomic E-state index is -3.95. The summed E-state index contributed by atoms with van der Waals surface area (Å²) < 4.78 is 61.0. The molecular weight excluding hydrogens is 456 g/mol. The number of nitrogens with zero attached hydrogens (tertiary/aromatic N) is 3. The van der Waals surface area contributed by atoms with Gasteiger partial charge in [0.15, 0.2) is 0 Å². The van der Waals surface area contributed by atoms with Crippen LogP contribution >= 0.6 is 0 Å². The first kappa shape index (κ1) is 22.3. The van der Waals surface area contributed by atoms with E-state index in [-0.39, 0.29) is 27.6 Å². The number of methoxy groups -OCH3 is 1. The molecular formula is C22H17F2N3O5S. The second-order valence-electron chi connectivity index (χ2n) is 6.92. The van der Waals surface area contributed by atoms with E-state index in [1.807, 2.05) is 0 Å². The smallest absolute Gasteiger partial charge is 0.387 e. The predicted octanol–water partition coefficient (Wildman–Crippen LogP) is 3.28. The van der Waals surface area contributed by atoms with Gasteiger partial charge in [-0.25, -0.2) is 18.1 Å². The topological polar surface area (TPSA) is 100 Å². The molecule has 0 atom stereocenters. The van der Waals surface area contributed by atoms with E-state index >= 15 is 0 Å². The van der Waals surface area contributed by atoms with Crippen molar-refractivity contribution in [1.29, 1.82) is 0 Å². The van der Waals surface area contributed by atoms with Gasteiger partial charge in [0, 0.05) is 17.6 Å². The van der Waals surface area contributed by atoms with Crippen molar-refractivity contribution < 1.29 is 26.7 Å². The fourth-order valence-electron chi connectivity index (χ4n) is 3.18. The van der Waals surface area contributed by atoms with Crippen molar-refractivity contribution in [3.63, 3.8) is 0 Å². The minimum absolute atomic E-state index is 0.0594. The molecule has 0 spiro atoms. The normalized spacial score (nSPS) is 11.6. The largest absolute Gasteiger partial charge is 0.481 e. The van der Waals surface area contributed by atoms with Gasteiger partial charge < -0.3 is 9.47 Å². The molecule has 8 nitrogen and oxygen atoms in total. The number of fused-ring (bicyclic) bond motifs is 1. The zero-order chi connectivity index (χ0) is 23.6. The van der Waals surface area contributed by atoms with Crippen molar-refractivity contribution in [2.75, 3.05) is 7.11 Å². The SMILES string of the molecule is COc1ccc(Cn2ncc3cc(S(=O)(=O)c4ccc(OC(F)F)cc4)ccc3c2=O)cn1. The predicted molar refractivity (Wildman–Crippen MR) is 114 cm³/mol. The Bertz CT molecular complexity index is 1450. The molecule has 2 aromatic carbocycles. The summed E-state index contributed by atoms with van der Waals surface area (Å²) in [7, 11) is -2.45. The number of halogens is 2. The van der Waals surface area contributed by atoms with Crippen LogP contribution in [0.1, 0.15) is 5.56 Å². The van der Waals surface area contributed by atoms with Crippen LogP contribution in [0.25, 0.3) is 10.8 Å². The summed E-state index contributed by atoms with van der Waals surface area (Å²) in [5, 5.41) is 4.79. The first-order chi connectivity index (χ1) is 15.8. The van der Waals surface area contributed by atoms with E-state index < -0.39 is 16.4 Å². The molecule has 0 aliphatic rings. The third kappa shape index (κ3) is 4.67. The number of aromatic nitrogens is 3. The van der Waals surface area contributed by atoms with E-state index in [1.165, 1.54) is 48.3 Å². The Morgan fingerprint density at radius 1 is 1.00 bits per heavy atom. The molecule has 4 rings (SSSR count). The Kier molecular flexibility index (Phi) is 6.05. The van der Waals surface area contributed by atoms with Crippen LogP contribution in [0, 0.1) is 0 Å². The zero-order valence-electron chi connectivity index (χ0n) is 17.2. The fourth-order valence-corrected chi connectivity index (χ4v) is 4.48. The molecule has 33 heavy (non-hydrogen) atoms. The van der Waals surface area contributed by atoms with E-state index in [0.29, 0.717) is 16.7 Å². The molecule has 0 fully saturated rings. The van der Waals surface area contributed by atoms with Crippen LogP contribution in [-0.4, -0.2) is 36.9 Å². The van der Waals surface area contributed by atoms with Crippen LogP contribution in [0.3, 0.4) is 0 Å². The Morgan fingerprint density at radius 2 is 1.73 bits per heavy atom. The van der Waals surface area contributed by atoms with E-state index in [9.17, 15) is 22.0 Å². The molecule has 0 N–H and O–H groups in total. The highest BCUT2D eigenvalue weighted by Gasteiger charge is 2.19. The Labute approximate surface area is 187 Å². The summed E-state index contributed by atoms with van der Waals surface area (Å²) in [6.07, 6.45) is 2.98. The molecule has 0 saturated heterocycles. The molecule has 4 aromatic rings. The van der Waals surface area contributed by atoms with Crippen LogP contribution in [0.5, 0.6) is 11.6 Å². The van der Waals surface area contributed by atoms with Gasteiger partial charge in [-0.05, 0) is 48.0 Å². The lowest BCUT2D eigenvalue weighted by Crippen LogP contribution is -2.23. The average Bonchev–Trinajstić information content (AvgIpc) is 2.81. The van der Waals surface area contributed by atoms with Crippen LogP contribution in [0.4, 0.5) is 8.78 Å². The molecule has 0 aliphatic heterocycles. The van der Waals surface area contributed by atoms with Crippen molar-refractivity contribution in [1.82, 2.24) is 14.8 Å². The van der Waals surface area contributed by atoms with Gasteiger partial charge in [-0.15, -0.1) is 0 Å². The molecule has 11 heteroatoms. The van der Waals surface area contributed by atoms with Crippen LogP contribution in [0.15, 0.2) is 81.6 Å². The lowest BCUT2D eigenvalue weighted by Gasteiger charge is -2.09. The lowest BCUT2D eigenvalue weighted by molar-refractivity contribution is -0.0498. The summed E-state index contributed by atoms with van der Waals surface area (Å²) >= 11 is 0. The van der Waals surface area contributed by atoms with Gasteiger partial charge in [-0.2, -0.15) is 13.9 Å². The average molecular weight is 473 g/mol. The number of ether oxygens (including phenoxy) is 2. The van der Waals surface area contributed by atoms with Crippen LogP contribution in [0.2, 0.25) is 0 Å². The zero-order valence-corrected chi connectivity index (χ0v) is 18.0. The van der Waals surface area contributed by atoms with E-state index in [4.69, 9.17) is 4.74 Å². The molecule has 2 aromatic heterocycles. The van der Waals surface area contributed by atoms with E-state index in [2.05, 4.69) is 14.8 Å². The number of hydrogen-bond acceptors (Lipinski definition) is 7. The maximum Gasteiger partial charge on any atom is 0.387 e.